The van der Waals surface area contributed by atoms with Crippen molar-refractivity contribution in [2.24, 2.45) is 5.41 Å². The zero-order chi connectivity index (χ0) is 22.6. The molecule has 0 bridgehead atoms. The summed E-state index contributed by atoms with van der Waals surface area (Å²) in [5, 5.41) is 10.0. The zero-order valence-electron chi connectivity index (χ0n) is 18.5. The number of pyridine rings is 1. The minimum absolute atomic E-state index is 0.297. The van der Waals surface area contributed by atoms with Gasteiger partial charge in [0.2, 0.25) is 0 Å². The van der Waals surface area contributed by atoms with E-state index in [1.54, 1.807) is 13.2 Å². The van der Waals surface area contributed by atoms with E-state index in [0.717, 1.165) is 73.7 Å². The summed E-state index contributed by atoms with van der Waals surface area (Å²) >= 11 is 6.35. The van der Waals surface area contributed by atoms with Gasteiger partial charge >= 0.3 is 0 Å². The van der Waals surface area contributed by atoms with Gasteiger partial charge in [-0.15, -0.1) is 10.2 Å². The van der Waals surface area contributed by atoms with Gasteiger partial charge in [0.1, 0.15) is 17.5 Å². The molecule has 33 heavy (non-hydrogen) atoms. The molecule has 1 aliphatic carbocycles. The zero-order valence-corrected chi connectivity index (χ0v) is 19.3. The van der Waals surface area contributed by atoms with Crippen LogP contribution in [-0.2, 0) is 17.8 Å². The molecule has 1 spiro atoms. The van der Waals surface area contributed by atoms with Crippen LogP contribution in [0.3, 0.4) is 0 Å². The number of ether oxygens (including phenoxy) is 1. The van der Waals surface area contributed by atoms with Crippen molar-refractivity contribution in [2.45, 2.75) is 31.8 Å². The second kappa shape index (κ2) is 8.04. The van der Waals surface area contributed by atoms with Gasteiger partial charge < -0.3 is 9.64 Å². The van der Waals surface area contributed by atoms with Gasteiger partial charge in [-0.2, -0.15) is 0 Å². The molecule has 3 aliphatic rings. The monoisotopic (exact) mass is 468 g/mol. The molecule has 0 unspecified atom stereocenters. The molecule has 1 saturated heterocycles. The number of rotatable bonds is 5. The number of hydrogen-bond acceptors (Lipinski definition) is 6. The third-order valence-corrected chi connectivity index (χ3v) is 7.46. The lowest BCUT2D eigenvalue weighted by Gasteiger charge is -2.59. The molecule has 0 radical (unpaired) electrons. The molecule has 4 heterocycles. The summed E-state index contributed by atoms with van der Waals surface area (Å²) in [6.07, 6.45) is 3.45. The van der Waals surface area contributed by atoms with E-state index in [0.29, 0.717) is 17.9 Å². The number of benzene rings is 1. The summed E-state index contributed by atoms with van der Waals surface area (Å²) in [4.78, 5) is 8.78. The maximum absolute atomic E-state index is 13.2. The van der Waals surface area contributed by atoms with Crippen molar-refractivity contribution in [3.05, 3.63) is 64.6 Å². The highest BCUT2D eigenvalue weighted by atomic mass is 35.5. The highest BCUT2D eigenvalue weighted by Gasteiger charge is 2.54. The van der Waals surface area contributed by atoms with Gasteiger partial charge in [0, 0.05) is 49.6 Å². The highest BCUT2D eigenvalue weighted by molar-refractivity contribution is 6.30. The molecule has 2 aromatic heterocycles. The Kier molecular flexibility index (Phi) is 5.12. The van der Waals surface area contributed by atoms with Crippen molar-refractivity contribution in [3.63, 3.8) is 0 Å². The predicted octanol–water partition coefficient (Wildman–Crippen LogP) is 3.80. The Labute approximate surface area is 197 Å². The molecule has 0 amide bonds. The van der Waals surface area contributed by atoms with Crippen LogP contribution < -0.4 is 4.90 Å². The SMILES string of the molecule is COCCN1Cc2cc(Cl)ccc2-n2c(nnc2C2CC3(C2)CN(c2ccc(F)cn2)C3)C1. The highest BCUT2D eigenvalue weighted by Crippen LogP contribution is 2.56. The molecule has 3 aromatic rings. The van der Waals surface area contributed by atoms with Gasteiger partial charge in [-0.05, 0) is 48.7 Å². The Balaban J connectivity index is 1.22. The molecule has 1 saturated carbocycles. The lowest BCUT2D eigenvalue weighted by Crippen LogP contribution is -2.62. The molecule has 0 atom stereocenters. The molecule has 172 valence electrons. The van der Waals surface area contributed by atoms with Crippen molar-refractivity contribution in [2.75, 3.05) is 38.3 Å². The molecule has 6 rings (SSSR count). The van der Waals surface area contributed by atoms with E-state index in [1.807, 2.05) is 6.07 Å². The van der Waals surface area contributed by atoms with Crippen LogP contribution in [-0.4, -0.2) is 58.0 Å². The van der Waals surface area contributed by atoms with Gasteiger partial charge in [0.15, 0.2) is 5.82 Å². The fourth-order valence-electron chi connectivity index (χ4n) is 5.64. The fraction of sp³-hybridized carbons (Fsp3) is 0.458. The van der Waals surface area contributed by atoms with Crippen LogP contribution in [0.1, 0.15) is 36.0 Å². The second-order valence-corrected chi connectivity index (χ2v) is 10.0. The number of aromatic nitrogens is 4. The minimum Gasteiger partial charge on any atom is -0.383 e. The first-order chi connectivity index (χ1) is 16.0. The van der Waals surface area contributed by atoms with Crippen molar-refractivity contribution in [1.82, 2.24) is 24.6 Å². The second-order valence-electron chi connectivity index (χ2n) is 9.58. The number of methoxy groups -OCH3 is 1. The normalized spacial score (nSPS) is 19.5. The lowest BCUT2D eigenvalue weighted by atomic mass is 9.57. The van der Waals surface area contributed by atoms with Crippen LogP contribution in [0.4, 0.5) is 10.2 Å². The van der Waals surface area contributed by atoms with Crippen molar-refractivity contribution in [1.29, 1.82) is 0 Å². The Morgan fingerprint density at radius 3 is 2.76 bits per heavy atom. The van der Waals surface area contributed by atoms with E-state index in [9.17, 15) is 4.39 Å². The Bertz CT molecular complexity index is 1170. The molecule has 2 aliphatic heterocycles. The number of fused-ring (bicyclic) bond motifs is 3. The van der Waals surface area contributed by atoms with Gasteiger partial charge in [0.25, 0.3) is 0 Å². The minimum atomic E-state index is -0.299. The Morgan fingerprint density at radius 1 is 1.15 bits per heavy atom. The third kappa shape index (κ3) is 3.70. The van der Waals surface area contributed by atoms with Crippen LogP contribution in [0.2, 0.25) is 5.02 Å². The molecule has 2 fully saturated rings. The van der Waals surface area contributed by atoms with Gasteiger partial charge in [-0.1, -0.05) is 11.6 Å². The van der Waals surface area contributed by atoms with Crippen LogP contribution in [0.15, 0.2) is 36.5 Å². The largest absolute Gasteiger partial charge is 0.383 e. The summed E-state index contributed by atoms with van der Waals surface area (Å²) in [5.74, 6) is 2.94. The Hall–Kier alpha value is -2.55. The van der Waals surface area contributed by atoms with Crippen LogP contribution >= 0.6 is 11.6 Å². The average molecular weight is 469 g/mol. The standard InChI is InChI=1S/C24H26ClFN6O/c1-33-7-6-30-12-16-8-18(25)2-4-20(16)32-22(13-30)28-29-23(32)17-9-24(10-17)14-31(15-24)21-5-3-19(26)11-27-21/h2-5,8,11,17H,6-7,9-10,12-15H2,1H3. The molecule has 1 aromatic carbocycles. The van der Waals surface area contributed by atoms with Crippen molar-refractivity contribution in [3.8, 4) is 5.69 Å². The van der Waals surface area contributed by atoms with Crippen LogP contribution in [0.5, 0.6) is 0 Å². The summed E-state index contributed by atoms with van der Waals surface area (Å²) in [6.45, 7) is 4.94. The van der Waals surface area contributed by atoms with Crippen LogP contribution in [0.25, 0.3) is 5.69 Å². The summed E-state index contributed by atoms with van der Waals surface area (Å²) < 4.78 is 20.7. The molecule has 0 N–H and O–H groups in total. The van der Waals surface area contributed by atoms with Crippen molar-refractivity contribution >= 4 is 17.4 Å². The van der Waals surface area contributed by atoms with Crippen LogP contribution in [0, 0.1) is 11.2 Å². The third-order valence-electron chi connectivity index (χ3n) is 7.22. The number of nitrogens with zero attached hydrogens (tertiary/aromatic N) is 6. The Morgan fingerprint density at radius 2 is 2.00 bits per heavy atom. The first kappa shape index (κ1) is 21.0. The van der Waals surface area contributed by atoms with E-state index < -0.39 is 0 Å². The lowest BCUT2D eigenvalue weighted by molar-refractivity contribution is 0.0581. The predicted molar refractivity (Wildman–Crippen MR) is 123 cm³/mol. The maximum atomic E-state index is 13.2. The maximum Gasteiger partial charge on any atom is 0.151 e. The summed E-state index contributed by atoms with van der Waals surface area (Å²) in [7, 11) is 1.73. The molecular formula is C24H26ClFN6O. The number of hydrogen-bond donors (Lipinski definition) is 0. The smallest absolute Gasteiger partial charge is 0.151 e. The number of anilines is 1. The topological polar surface area (TPSA) is 59.3 Å². The van der Waals surface area contributed by atoms with E-state index in [-0.39, 0.29) is 5.82 Å². The van der Waals surface area contributed by atoms with E-state index in [4.69, 9.17) is 16.3 Å². The van der Waals surface area contributed by atoms with E-state index in [2.05, 4.69) is 41.7 Å². The average Bonchev–Trinajstić information content (AvgIpc) is 3.07. The van der Waals surface area contributed by atoms with Gasteiger partial charge in [-0.3, -0.25) is 9.47 Å². The van der Waals surface area contributed by atoms with E-state index >= 15 is 0 Å². The van der Waals surface area contributed by atoms with Gasteiger partial charge in [0.05, 0.1) is 25.0 Å². The molecule has 9 heteroatoms. The van der Waals surface area contributed by atoms with Crippen molar-refractivity contribution < 1.29 is 9.13 Å². The fourth-order valence-corrected chi connectivity index (χ4v) is 5.84. The molecule has 7 nitrogen and oxygen atoms in total. The summed E-state index contributed by atoms with van der Waals surface area (Å²) in [6, 6.07) is 9.32. The first-order valence-electron chi connectivity index (χ1n) is 11.3. The van der Waals surface area contributed by atoms with E-state index in [1.165, 1.54) is 17.8 Å². The first-order valence-corrected chi connectivity index (χ1v) is 11.7. The number of halogens is 2. The van der Waals surface area contributed by atoms with Gasteiger partial charge in [-0.25, -0.2) is 9.37 Å². The quantitative estimate of drug-likeness (QED) is 0.567. The molecular weight excluding hydrogens is 443 g/mol. The summed E-state index contributed by atoms with van der Waals surface area (Å²) in [5.41, 5.74) is 2.61.